The third-order valence-electron chi connectivity index (χ3n) is 3.33. The molecule has 0 amide bonds. The number of hydrogen-bond donors (Lipinski definition) is 1. The largest absolute Gasteiger partial charge is 0.383 e. The van der Waals surface area contributed by atoms with Crippen molar-refractivity contribution in [1.29, 1.82) is 0 Å². The first-order valence-corrected chi connectivity index (χ1v) is 6.25. The van der Waals surface area contributed by atoms with Gasteiger partial charge in [-0.15, -0.1) is 0 Å². The predicted molar refractivity (Wildman–Crippen MR) is 70.1 cm³/mol. The van der Waals surface area contributed by atoms with Crippen LogP contribution in [0.3, 0.4) is 0 Å². The molecule has 94 valence electrons. The van der Waals surface area contributed by atoms with Gasteiger partial charge in [0.05, 0.1) is 0 Å². The zero-order valence-corrected chi connectivity index (χ0v) is 10.7. The van der Waals surface area contributed by atoms with Crippen molar-refractivity contribution in [3.63, 3.8) is 0 Å². The van der Waals surface area contributed by atoms with Crippen molar-refractivity contribution in [2.24, 2.45) is 0 Å². The molecule has 1 saturated heterocycles. The van der Waals surface area contributed by atoms with Crippen molar-refractivity contribution in [3.05, 3.63) is 11.9 Å². The molecular formula is C12H21N5. The molecule has 1 aromatic rings. The van der Waals surface area contributed by atoms with Crippen molar-refractivity contribution >= 4 is 11.6 Å². The Morgan fingerprint density at radius 3 is 2.82 bits per heavy atom. The number of aromatic nitrogens is 2. The minimum Gasteiger partial charge on any atom is -0.383 e. The second kappa shape index (κ2) is 5.31. The fourth-order valence-electron chi connectivity index (χ4n) is 2.29. The number of nitrogens with zero attached hydrogens (tertiary/aromatic N) is 4. The van der Waals surface area contributed by atoms with Crippen LogP contribution in [0.1, 0.15) is 18.9 Å². The lowest BCUT2D eigenvalue weighted by atomic mass is 10.2. The van der Waals surface area contributed by atoms with Gasteiger partial charge in [-0.05, 0) is 26.4 Å². The molecule has 5 heteroatoms. The molecule has 2 rings (SSSR count). The van der Waals surface area contributed by atoms with Gasteiger partial charge in [-0.2, -0.15) is 0 Å². The maximum atomic E-state index is 5.92. The van der Waals surface area contributed by atoms with Crippen LogP contribution in [0.15, 0.2) is 6.33 Å². The van der Waals surface area contributed by atoms with Gasteiger partial charge < -0.3 is 15.5 Å². The van der Waals surface area contributed by atoms with Crippen LogP contribution in [0.5, 0.6) is 0 Å². The molecule has 1 fully saturated rings. The number of anilines is 2. The van der Waals surface area contributed by atoms with E-state index in [9.17, 15) is 0 Å². The smallest absolute Gasteiger partial charge is 0.137 e. The fraction of sp³-hybridized carbons (Fsp3) is 0.667. The van der Waals surface area contributed by atoms with E-state index in [4.69, 9.17) is 5.73 Å². The molecule has 1 aromatic heterocycles. The normalized spacial score (nSPS) is 18.1. The summed E-state index contributed by atoms with van der Waals surface area (Å²) in [4.78, 5) is 13.2. The van der Waals surface area contributed by atoms with E-state index >= 15 is 0 Å². The van der Waals surface area contributed by atoms with Gasteiger partial charge in [-0.3, -0.25) is 0 Å². The van der Waals surface area contributed by atoms with Crippen LogP contribution in [0.4, 0.5) is 11.6 Å². The predicted octanol–water partition coefficient (Wildman–Crippen LogP) is 0.763. The average molecular weight is 235 g/mol. The molecule has 0 atom stereocenters. The van der Waals surface area contributed by atoms with Gasteiger partial charge in [0.2, 0.25) is 0 Å². The molecule has 1 aliphatic rings. The summed E-state index contributed by atoms with van der Waals surface area (Å²) in [6.45, 7) is 6.39. The second-order valence-corrected chi connectivity index (χ2v) is 4.56. The molecule has 0 radical (unpaired) electrons. The van der Waals surface area contributed by atoms with E-state index in [-0.39, 0.29) is 0 Å². The minimum atomic E-state index is 0.620. The summed E-state index contributed by atoms with van der Waals surface area (Å²) in [5.74, 6) is 1.64. The topological polar surface area (TPSA) is 58.3 Å². The van der Waals surface area contributed by atoms with Gasteiger partial charge in [-0.1, -0.05) is 6.92 Å². The molecule has 1 aliphatic heterocycles. The third-order valence-corrected chi connectivity index (χ3v) is 3.33. The monoisotopic (exact) mass is 235 g/mol. The van der Waals surface area contributed by atoms with E-state index in [1.54, 1.807) is 6.33 Å². The van der Waals surface area contributed by atoms with E-state index in [2.05, 4.69) is 33.7 Å². The Morgan fingerprint density at radius 1 is 1.24 bits per heavy atom. The molecule has 2 N–H and O–H groups in total. The average Bonchev–Trinajstić information content (AvgIpc) is 2.54. The Morgan fingerprint density at radius 2 is 2.06 bits per heavy atom. The van der Waals surface area contributed by atoms with E-state index < -0.39 is 0 Å². The summed E-state index contributed by atoms with van der Waals surface area (Å²) in [5, 5.41) is 0. The zero-order chi connectivity index (χ0) is 12.3. The van der Waals surface area contributed by atoms with Crippen LogP contribution in [0.2, 0.25) is 0 Å². The van der Waals surface area contributed by atoms with Gasteiger partial charge in [0.25, 0.3) is 0 Å². The lowest BCUT2D eigenvalue weighted by Crippen LogP contribution is -2.30. The molecule has 0 saturated carbocycles. The molecule has 17 heavy (non-hydrogen) atoms. The minimum absolute atomic E-state index is 0.620. The third kappa shape index (κ3) is 2.66. The highest BCUT2D eigenvalue weighted by Crippen LogP contribution is 2.22. The molecular weight excluding hydrogens is 214 g/mol. The Hall–Kier alpha value is -1.36. The number of nitrogens with two attached hydrogens (primary N) is 1. The first-order valence-electron chi connectivity index (χ1n) is 6.25. The number of likely N-dealkylation sites (N-methyl/N-ethyl adjacent to an activating group) is 1. The molecule has 0 unspecified atom stereocenters. The summed E-state index contributed by atoms with van der Waals surface area (Å²) in [6, 6.07) is 0. The summed E-state index contributed by atoms with van der Waals surface area (Å²) in [6.07, 6.45) is 3.62. The summed E-state index contributed by atoms with van der Waals surface area (Å²) in [5.41, 5.74) is 7.00. The first-order chi connectivity index (χ1) is 8.22. The summed E-state index contributed by atoms with van der Waals surface area (Å²) < 4.78 is 0. The highest BCUT2D eigenvalue weighted by molar-refractivity contribution is 5.56. The summed E-state index contributed by atoms with van der Waals surface area (Å²) in [7, 11) is 2.17. The van der Waals surface area contributed by atoms with Crippen LogP contribution in [0, 0.1) is 0 Å². The van der Waals surface area contributed by atoms with Gasteiger partial charge in [0, 0.05) is 25.2 Å². The van der Waals surface area contributed by atoms with Gasteiger partial charge >= 0.3 is 0 Å². The lowest BCUT2D eigenvalue weighted by molar-refractivity contribution is 0.360. The number of rotatable bonds is 2. The Kier molecular flexibility index (Phi) is 3.78. The molecule has 2 heterocycles. The van der Waals surface area contributed by atoms with Crippen LogP contribution >= 0.6 is 0 Å². The number of nitrogen functional groups attached to an aromatic ring is 1. The second-order valence-electron chi connectivity index (χ2n) is 4.56. The zero-order valence-electron chi connectivity index (χ0n) is 10.7. The van der Waals surface area contributed by atoms with E-state index in [1.807, 2.05) is 0 Å². The Balaban J connectivity index is 2.23. The van der Waals surface area contributed by atoms with Crippen molar-refractivity contribution in [1.82, 2.24) is 14.9 Å². The Bertz CT molecular complexity index is 379. The maximum Gasteiger partial charge on any atom is 0.137 e. The van der Waals surface area contributed by atoms with Crippen LogP contribution in [0.25, 0.3) is 0 Å². The van der Waals surface area contributed by atoms with E-state index in [0.717, 1.165) is 44.0 Å². The van der Waals surface area contributed by atoms with Crippen LogP contribution in [-0.4, -0.2) is 48.1 Å². The van der Waals surface area contributed by atoms with Crippen molar-refractivity contribution in [2.75, 3.05) is 43.9 Å². The van der Waals surface area contributed by atoms with E-state index in [0.29, 0.717) is 5.82 Å². The fourth-order valence-corrected chi connectivity index (χ4v) is 2.29. The highest BCUT2D eigenvalue weighted by atomic mass is 15.2. The Labute approximate surface area is 103 Å². The van der Waals surface area contributed by atoms with Crippen LogP contribution in [-0.2, 0) is 6.42 Å². The van der Waals surface area contributed by atoms with Gasteiger partial charge in [0.15, 0.2) is 0 Å². The van der Waals surface area contributed by atoms with E-state index in [1.165, 1.54) is 6.42 Å². The summed E-state index contributed by atoms with van der Waals surface area (Å²) >= 11 is 0. The quantitative estimate of drug-likeness (QED) is 0.820. The molecule has 0 bridgehead atoms. The van der Waals surface area contributed by atoms with Crippen molar-refractivity contribution < 1.29 is 0 Å². The van der Waals surface area contributed by atoms with Crippen LogP contribution < -0.4 is 10.6 Å². The molecule has 5 nitrogen and oxygen atoms in total. The van der Waals surface area contributed by atoms with Gasteiger partial charge in [-0.25, -0.2) is 9.97 Å². The maximum absolute atomic E-state index is 5.92. The number of hydrogen-bond acceptors (Lipinski definition) is 5. The highest BCUT2D eigenvalue weighted by Gasteiger charge is 2.17. The molecule has 0 aromatic carbocycles. The standard InChI is InChI=1S/C12H21N5/c1-3-10-11(13)14-9-15-12(10)17-6-4-5-16(2)7-8-17/h9H,3-8H2,1-2H3,(H2,13,14,15). The SMILES string of the molecule is CCc1c(N)ncnc1N1CCCN(C)CC1. The van der Waals surface area contributed by atoms with Crippen molar-refractivity contribution in [3.8, 4) is 0 Å². The first kappa shape index (κ1) is 12.1. The lowest BCUT2D eigenvalue weighted by Gasteiger charge is -2.24. The molecule has 0 spiro atoms. The van der Waals surface area contributed by atoms with Crippen molar-refractivity contribution in [2.45, 2.75) is 19.8 Å². The van der Waals surface area contributed by atoms with Gasteiger partial charge in [0.1, 0.15) is 18.0 Å². The molecule has 0 aliphatic carbocycles.